The van der Waals surface area contributed by atoms with Crippen LogP contribution in [0.25, 0.3) is 5.69 Å². The Morgan fingerprint density at radius 1 is 0.971 bits per heavy atom. The van der Waals surface area contributed by atoms with Crippen LogP contribution in [0.15, 0.2) is 54.6 Å². The maximum Gasteiger partial charge on any atom is 0.137 e. The standard InChI is InChI=1S/C29H38N6/c1-5-28-27(22-34(23(3)4)21-25-12-10-11-24(19-25)20-30)29(33-17-15-32(6-2)16-18-33)35(31-28)26-13-8-7-9-14-26/h7-14,19,23H,5-6,15-18,21-22H2,1-4H3. The Morgan fingerprint density at radius 3 is 2.34 bits per heavy atom. The second-order valence-electron chi connectivity index (χ2n) is 9.58. The molecule has 0 atom stereocenters. The number of piperazine rings is 1. The van der Waals surface area contributed by atoms with Gasteiger partial charge in [-0.15, -0.1) is 0 Å². The number of anilines is 1. The minimum atomic E-state index is 0.357. The Bertz CT molecular complexity index is 1140. The molecule has 35 heavy (non-hydrogen) atoms. The third-order valence-corrected chi connectivity index (χ3v) is 7.03. The summed E-state index contributed by atoms with van der Waals surface area (Å²) in [7, 11) is 0. The third-order valence-electron chi connectivity index (χ3n) is 7.03. The van der Waals surface area contributed by atoms with Crippen molar-refractivity contribution in [2.45, 2.75) is 53.2 Å². The number of nitrogens with zero attached hydrogens (tertiary/aromatic N) is 6. The molecule has 184 valence electrons. The fraction of sp³-hybridized carbons (Fsp3) is 0.448. The maximum atomic E-state index is 9.35. The monoisotopic (exact) mass is 470 g/mol. The van der Waals surface area contributed by atoms with Crippen LogP contribution in [0.2, 0.25) is 0 Å². The molecule has 2 aromatic carbocycles. The first kappa shape index (κ1) is 25.0. The molecule has 0 amide bonds. The van der Waals surface area contributed by atoms with Crippen LogP contribution < -0.4 is 4.90 Å². The molecular formula is C29H38N6. The molecule has 3 aromatic rings. The molecule has 1 aliphatic heterocycles. The van der Waals surface area contributed by atoms with Gasteiger partial charge in [0.2, 0.25) is 0 Å². The van der Waals surface area contributed by atoms with Crippen molar-refractivity contribution in [3.8, 4) is 11.8 Å². The van der Waals surface area contributed by atoms with Crippen LogP contribution in [-0.2, 0) is 19.5 Å². The average Bonchev–Trinajstić information content (AvgIpc) is 3.27. The Morgan fingerprint density at radius 2 is 1.71 bits per heavy atom. The Kier molecular flexibility index (Phi) is 8.22. The quantitative estimate of drug-likeness (QED) is 0.447. The van der Waals surface area contributed by atoms with Gasteiger partial charge in [0.05, 0.1) is 23.0 Å². The predicted molar refractivity (Wildman–Crippen MR) is 143 cm³/mol. The lowest BCUT2D eigenvalue weighted by atomic mass is 10.1. The van der Waals surface area contributed by atoms with Gasteiger partial charge < -0.3 is 9.80 Å². The molecule has 0 N–H and O–H groups in total. The van der Waals surface area contributed by atoms with Crippen LogP contribution in [0.3, 0.4) is 0 Å². The summed E-state index contributed by atoms with van der Waals surface area (Å²) in [5, 5.41) is 14.5. The summed E-state index contributed by atoms with van der Waals surface area (Å²) < 4.78 is 2.17. The molecule has 0 aliphatic carbocycles. The highest BCUT2D eigenvalue weighted by Crippen LogP contribution is 2.31. The molecule has 0 bridgehead atoms. The molecule has 0 saturated carbocycles. The van der Waals surface area contributed by atoms with E-state index in [0.29, 0.717) is 11.6 Å². The molecule has 4 rings (SSSR count). The van der Waals surface area contributed by atoms with E-state index < -0.39 is 0 Å². The molecular weight excluding hydrogens is 432 g/mol. The lowest BCUT2D eigenvalue weighted by Crippen LogP contribution is -2.47. The van der Waals surface area contributed by atoms with Gasteiger partial charge in [0, 0.05) is 50.9 Å². The van der Waals surface area contributed by atoms with Gasteiger partial charge in [0.15, 0.2) is 0 Å². The van der Waals surface area contributed by atoms with Crippen LogP contribution in [0.4, 0.5) is 5.82 Å². The molecule has 6 heteroatoms. The van der Waals surface area contributed by atoms with Crippen molar-refractivity contribution in [3.63, 3.8) is 0 Å². The smallest absolute Gasteiger partial charge is 0.137 e. The van der Waals surface area contributed by atoms with Crippen molar-refractivity contribution in [2.24, 2.45) is 0 Å². The van der Waals surface area contributed by atoms with E-state index in [2.05, 4.69) is 89.5 Å². The van der Waals surface area contributed by atoms with Gasteiger partial charge >= 0.3 is 0 Å². The SMILES string of the molecule is CCc1nn(-c2ccccc2)c(N2CCN(CC)CC2)c1CN(Cc1cccc(C#N)c1)C(C)C. The predicted octanol–water partition coefficient (Wildman–Crippen LogP) is 4.86. The minimum absolute atomic E-state index is 0.357. The first-order valence-electron chi connectivity index (χ1n) is 12.9. The average molecular weight is 471 g/mol. The molecule has 1 aliphatic rings. The number of hydrogen-bond donors (Lipinski definition) is 0. The summed E-state index contributed by atoms with van der Waals surface area (Å²) >= 11 is 0. The van der Waals surface area contributed by atoms with E-state index in [4.69, 9.17) is 5.10 Å². The van der Waals surface area contributed by atoms with Crippen LogP contribution in [0.1, 0.15) is 50.1 Å². The van der Waals surface area contributed by atoms with E-state index in [1.165, 1.54) is 16.9 Å². The number of para-hydroxylation sites is 1. The minimum Gasteiger partial charge on any atom is -0.354 e. The van der Waals surface area contributed by atoms with E-state index in [1.807, 2.05) is 18.2 Å². The summed E-state index contributed by atoms with van der Waals surface area (Å²) in [5.41, 5.74) is 5.49. The highest BCUT2D eigenvalue weighted by molar-refractivity contribution is 5.56. The number of benzene rings is 2. The second kappa shape index (κ2) is 11.5. The fourth-order valence-corrected chi connectivity index (χ4v) is 4.88. The zero-order chi connectivity index (χ0) is 24.8. The largest absolute Gasteiger partial charge is 0.354 e. The Hall–Kier alpha value is -3.14. The second-order valence-corrected chi connectivity index (χ2v) is 9.58. The zero-order valence-corrected chi connectivity index (χ0v) is 21.6. The van der Waals surface area contributed by atoms with E-state index in [0.717, 1.165) is 63.6 Å². The molecule has 6 nitrogen and oxygen atoms in total. The first-order valence-corrected chi connectivity index (χ1v) is 12.9. The van der Waals surface area contributed by atoms with Crippen molar-refractivity contribution < 1.29 is 0 Å². The summed E-state index contributed by atoms with van der Waals surface area (Å²) in [6.45, 7) is 15.8. The molecule has 0 unspecified atom stereocenters. The number of rotatable bonds is 9. The molecule has 2 heterocycles. The number of likely N-dealkylation sites (N-methyl/N-ethyl adjacent to an activating group) is 1. The van der Waals surface area contributed by atoms with Gasteiger partial charge in [-0.3, -0.25) is 4.90 Å². The number of aryl methyl sites for hydroxylation is 1. The highest BCUT2D eigenvalue weighted by Gasteiger charge is 2.27. The van der Waals surface area contributed by atoms with Crippen molar-refractivity contribution in [2.75, 3.05) is 37.6 Å². The van der Waals surface area contributed by atoms with E-state index in [-0.39, 0.29) is 0 Å². The van der Waals surface area contributed by atoms with Gasteiger partial charge in [-0.25, -0.2) is 4.68 Å². The Balaban J connectivity index is 1.73. The number of hydrogen-bond acceptors (Lipinski definition) is 5. The van der Waals surface area contributed by atoms with Crippen molar-refractivity contribution in [3.05, 3.63) is 77.0 Å². The molecule has 0 spiro atoms. The normalized spacial score (nSPS) is 14.6. The molecule has 1 saturated heterocycles. The van der Waals surface area contributed by atoms with Crippen LogP contribution in [0.5, 0.6) is 0 Å². The molecule has 0 radical (unpaired) electrons. The van der Waals surface area contributed by atoms with Crippen molar-refractivity contribution >= 4 is 5.82 Å². The van der Waals surface area contributed by atoms with Crippen molar-refractivity contribution in [1.29, 1.82) is 5.26 Å². The summed E-state index contributed by atoms with van der Waals surface area (Å²) in [4.78, 5) is 7.55. The first-order chi connectivity index (χ1) is 17.0. The topological polar surface area (TPSA) is 51.3 Å². The van der Waals surface area contributed by atoms with Gasteiger partial charge in [0.25, 0.3) is 0 Å². The van der Waals surface area contributed by atoms with Gasteiger partial charge in [-0.05, 0) is 56.6 Å². The lowest BCUT2D eigenvalue weighted by Gasteiger charge is -2.36. The van der Waals surface area contributed by atoms with Crippen molar-refractivity contribution in [1.82, 2.24) is 19.6 Å². The summed E-state index contributed by atoms with van der Waals surface area (Å²) in [6, 6.07) is 21.1. The van der Waals surface area contributed by atoms with Gasteiger partial charge in [0.1, 0.15) is 5.82 Å². The highest BCUT2D eigenvalue weighted by atomic mass is 15.4. The molecule has 1 aromatic heterocycles. The lowest BCUT2D eigenvalue weighted by molar-refractivity contribution is 0.203. The number of nitriles is 1. The van der Waals surface area contributed by atoms with E-state index in [1.54, 1.807) is 0 Å². The van der Waals surface area contributed by atoms with Gasteiger partial charge in [-0.1, -0.05) is 44.2 Å². The fourth-order valence-electron chi connectivity index (χ4n) is 4.88. The summed E-state index contributed by atoms with van der Waals surface area (Å²) in [5.74, 6) is 1.24. The van der Waals surface area contributed by atoms with Crippen LogP contribution in [0, 0.1) is 11.3 Å². The third kappa shape index (κ3) is 5.75. The van der Waals surface area contributed by atoms with E-state index in [9.17, 15) is 5.26 Å². The zero-order valence-electron chi connectivity index (χ0n) is 21.6. The molecule has 1 fully saturated rings. The van der Waals surface area contributed by atoms with Gasteiger partial charge in [-0.2, -0.15) is 10.4 Å². The maximum absolute atomic E-state index is 9.35. The summed E-state index contributed by atoms with van der Waals surface area (Å²) in [6.07, 6.45) is 0.896. The van der Waals surface area contributed by atoms with Crippen LogP contribution in [-0.4, -0.2) is 58.3 Å². The Labute approximate surface area is 210 Å². The van der Waals surface area contributed by atoms with E-state index >= 15 is 0 Å². The number of aromatic nitrogens is 2. The van der Waals surface area contributed by atoms with Crippen LogP contribution >= 0.6 is 0 Å².